The van der Waals surface area contributed by atoms with E-state index in [1.807, 2.05) is 12.3 Å². The van der Waals surface area contributed by atoms with E-state index in [1.54, 1.807) is 0 Å². The number of fused-ring (bicyclic) bond motifs is 2. The molecule has 2 nitrogen and oxygen atoms in total. The van der Waals surface area contributed by atoms with Gasteiger partial charge in [-0.2, -0.15) is 0 Å². The maximum atomic E-state index is 4.56. The van der Waals surface area contributed by atoms with Gasteiger partial charge in [0.25, 0.3) is 0 Å². The van der Waals surface area contributed by atoms with Crippen LogP contribution < -0.4 is 0 Å². The Morgan fingerprint density at radius 3 is 2.50 bits per heavy atom. The Labute approximate surface area is 177 Å². The van der Waals surface area contributed by atoms with Crippen molar-refractivity contribution in [3.63, 3.8) is 0 Å². The first kappa shape index (κ1) is 18.6. The minimum atomic E-state index is 0.981. The second-order valence-corrected chi connectivity index (χ2v) is 8.14. The van der Waals surface area contributed by atoms with Gasteiger partial charge in [0, 0.05) is 17.5 Å². The van der Waals surface area contributed by atoms with Crippen LogP contribution in [0, 0.1) is 6.92 Å². The normalized spacial score (nSPS) is 11.4. The van der Waals surface area contributed by atoms with Crippen LogP contribution in [-0.4, -0.2) is 9.97 Å². The molecule has 2 aromatic heterocycles. The van der Waals surface area contributed by atoms with Gasteiger partial charge < -0.3 is 4.98 Å². The van der Waals surface area contributed by atoms with Gasteiger partial charge in [0.15, 0.2) is 0 Å². The molecule has 0 bridgehead atoms. The van der Waals surface area contributed by atoms with Gasteiger partial charge in [-0.3, -0.25) is 4.98 Å². The number of aryl methyl sites for hydroxylation is 2. The topological polar surface area (TPSA) is 28.7 Å². The van der Waals surface area contributed by atoms with Crippen molar-refractivity contribution in [1.29, 1.82) is 0 Å². The average Bonchev–Trinajstić information content (AvgIpc) is 3.26. The highest BCUT2D eigenvalue weighted by atomic mass is 14.8. The molecule has 0 aliphatic heterocycles. The summed E-state index contributed by atoms with van der Waals surface area (Å²) in [6.07, 6.45) is 5.44. The van der Waals surface area contributed by atoms with Gasteiger partial charge in [-0.05, 0) is 82.8 Å². The van der Waals surface area contributed by atoms with Crippen molar-refractivity contribution in [3.05, 3.63) is 90.1 Å². The number of aromatic nitrogens is 2. The van der Waals surface area contributed by atoms with Crippen molar-refractivity contribution in [2.45, 2.75) is 33.1 Å². The summed E-state index contributed by atoms with van der Waals surface area (Å²) in [7, 11) is 0. The summed E-state index contributed by atoms with van der Waals surface area (Å²) in [5.41, 5.74) is 7.08. The van der Waals surface area contributed by atoms with Crippen molar-refractivity contribution in [3.8, 4) is 22.6 Å². The van der Waals surface area contributed by atoms with Crippen LogP contribution in [0.5, 0.6) is 0 Å². The number of nitrogens with zero attached hydrogens (tertiary/aromatic N) is 1. The number of hydrogen-bond acceptors (Lipinski definition) is 1. The Bertz CT molecular complexity index is 1340. The van der Waals surface area contributed by atoms with E-state index in [9.17, 15) is 0 Å². The Hall–Kier alpha value is -3.39. The van der Waals surface area contributed by atoms with Crippen molar-refractivity contribution < 1.29 is 0 Å². The summed E-state index contributed by atoms with van der Waals surface area (Å²) < 4.78 is 0. The lowest BCUT2D eigenvalue weighted by Crippen LogP contribution is -1.90. The molecule has 0 atom stereocenters. The molecule has 5 rings (SSSR count). The maximum absolute atomic E-state index is 4.56. The number of pyridine rings is 1. The van der Waals surface area contributed by atoms with Crippen LogP contribution in [-0.2, 0) is 6.42 Å². The van der Waals surface area contributed by atoms with Crippen LogP contribution in [0.3, 0.4) is 0 Å². The minimum absolute atomic E-state index is 0.981. The quantitative estimate of drug-likeness (QED) is 0.306. The Morgan fingerprint density at radius 1 is 0.800 bits per heavy atom. The predicted octanol–water partition coefficient (Wildman–Crippen LogP) is 7.70. The number of unbranched alkanes of at least 4 members (excludes halogenated alkanes) is 1. The molecule has 0 saturated heterocycles. The van der Waals surface area contributed by atoms with Gasteiger partial charge in [0.1, 0.15) is 0 Å². The standard InChI is InChI=1S/C28H26N2/c1-3-4-7-20-10-11-22-18-21-8-5-6-9-23(21)28(24(22)17-20)26-13-12-25(30-26)27-16-19(2)14-15-29-27/h5-6,8-18,30H,3-4,7H2,1-2H3. The Kier molecular flexibility index (Phi) is 4.84. The van der Waals surface area contributed by atoms with Gasteiger partial charge in [0.05, 0.1) is 11.4 Å². The van der Waals surface area contributed by atoms with E-state index in [-0.39, 0.29) is 0 Å². The molecule has 5 aromatic rings. The predicted molar refractivity (Wildman–Crippen MR) is 128 cm³/mol. The van der Waals surface area contributed by atoms with E-state index >= 15 is 0 Å². The molecule has 0 radical (unpaired) electrons. The molecule has 0 amide bonds. The van der Waals surface area contributed by atoms with Crippen molar-refractivity contribution in [1.82, 2.24) is 9.97 Å². The van der Waals surface area contributed by atoms with E-state index in [2.05, 4.69) is 90.5 Å². The Morgan fingerprint density at radius 2 is 1.63 bits per heavy atom. The second-order valence-electron chi connectivity index (χ2n) is 8.14. The Balaban J connectivity index is 1.73. The van der Waals surface area contributed by atoms with Gasteiger partial charge in [0.2, 0.25) is 0 Å². The molecule has 30 heavy (non-hydrogen) atoms. The summed E-state index contributed by atoms with van der Waals surface area (Å²) in [6.45, 7) is 4.35. The van der Waals surface area contributed by atoms with E-state index in [0.29, 0.717) is 0 Å². The van der Waals surface area contributed by atoms with E-state index in [0.717, 1.165) is 23.5 Å². The number of nitrogens with one attached hydrogen (secondary N) is 1. The molecule has 0 spiro atoms. The van der Waals surface area contributed by atoms with E-state index < -0.39 is 0 Å². The SMILES string of the molecule is CCCCc1ccc2cc3ccccc3c(-c3ccc(-c4cc(C)ccn4)[nH]3)c2c1. The van der Waals surface area contributed by atoms with Crippen LogP contribution in [0.4, 0.5) is 0 Å². The van der Waals surface area contributed by atoms with Gasteiger partial charge in [-0.15, -0.1) is 0 Å². The first-order valence-corrected chi connectivity index (χ1v) is 10.8. The highest BCUT2D eigenvalue weighted by Gasteiger charge is 2.13. The van der Waals surface area contributed by atoms with Gasteiger partial charge in [-0.25, -0.2) is 0 Å². The monoisotopic (exact) mass is 390 g/mol. The maximum Gasteiger partial charge on any atom is 0.0867 e. The number of hydrogen-bond donors (Lipinski definition) is 1. The molecule has 2 heterocycles. The molecule has 0 aliphatic rings. The number of rotatable bonds is 5. The number of benzene rings is 3. The fourth-order valence-electron chi connectivity index (χ4n) is 4.31. The van der Waals surface area contributed by atoms with Crippen LogP contribution in [0.25, 0.3) is 44.2 Å². The molecule has 3 aromatic carbocycles. The van der Waals surface area contributed by atoms with Gasteiger partial charge in [-0.1, -0.05) is 55.8 Å². The lowest BCUT2D eigenvalue weighted by molar-refractivity contribution is 0.796. The smallest absolute Gasteiger partial charge is 0.0867 e. The fraction of sp³-hybridized carbons (Fsp3) is 0.179. The first-order chi connectivity index (χ1) is 14.7. The van der Waals surface area contributed by atoms with Crippen LogP contribution in [0.15, 0.2) is 79.0 Å². The second kappa shape index (κ2) is 7.79. The van der Waals surface area contributed by atoms with Crippen LogP contribution in [0.1, 0.15) is 30.9 Å². The van der Waals surface area contributed by atoms with E-state index in [4.69, 9.17) is 0 Å². The average molecular weight is 391 g/mol. The highest BCUT2D eigenvalue weighted by molar-refractivity contribution is 6.12. The summed E-state index contributed by atoms with van der Waals surface area (Å²) in [5.74, 6) is 0. The summed E-state index contributed by atoms with van der Waals surface area (Å²) >= 11 is 0. The molecular formula is C28H26N2. The molecule has 0 unspecified atom stereocenters. The fourth-order valence-corrected chi connectivity index (χ4v) is 4.31. The van der Waals surface area contributed by atoms with Gasteiger partial charge >= 0.3 is 0 Å². The third-order valence-corrected chi connectivity index (χ3v) is 5.89. The zero-order chi connectivity index (χ0) is 20.5. The summed E-state index contributed by atoms with van der Waals surface area (Å²) in [5, 5.41) is 5.15. The molecular weight excluding hydrogens is 364 g/mol. The van der Waals surface area contributed by atoms with Crippen LogP contribution in [0.2, 0.25) is 0 Å². The molecule has 0 saturated carbocycles. The van der Waals surface area contributed by atoms with Crippen molar-refractivity contribution in [2.75, 3.05) is 0 Å². The number of aromatic amines is 1. The van der Waals surface area contributed by atoms with E-state index in [1.165, 1.54) is 51.1 Å². The summed E-state index contributed by atoms with van der Waals surface area (Å²) in [6, 6.07) is 26.4. The largest absolute Gasteiger partial charge is 0.353 e. The lowest BCUT2D eigenvalue weighted by atomic mass is 9.93. The molecule has 0 fully saturated rings. The van der Waals surface area contributed by atoms with Crippen LogP contribution >= 0.6 is 0 Å². The molecule has 2 heteroatoms. The zero-order valence-electron chi connectivity index (χ0n) is 17.6. The highest BCUT2D eigenvalue weighted by Crippen LogP contribution is 2.37. The number of H-pyrrole nitrogens is 1. The lowest BCUT2D eigenvalue weighted by Gasteiger charge is -2.12. The third kappa shape index (κ3) is 3.39. The third-order valence-electron chi connectivity index (χ3n) is 5.89. The van der Waals surface area contributed by atoms with Crippen molar-refractivity contribution >= 4 is 21.5 Å². The first-order valence-electron chi connectivity index (χ1n) is 10.8. The molecule has 148 valence electrons. The zero-order valence-corrected chi connectivity index (χ0v) is 17.6. The minimum Gasteiger partial charge on any atom is -0.353 e. The molecule has 0 aliphatic carbocycles. The summed E-state index contributed by atoms with van der Waals surface area (Å²) in [4.78, 5) is 8.22. The van der Waals surface area contributed by atoms with Crippen molar-refractivity contribution in [2.24, 2.45) is 0 Å². The molecule has 1 N–H and O–H groups in total.